The fraction of sp³-hybridized carbons (Fsp3) is 0.744. The van der Waals surface area contributed by atoms with Crippen LogP contribution in [0.25, 0.3) is 0 Å². The maximum Gasteiger partial charge on any atom is 0.469 e. The number of carbonyl (C=O) groups is 2. The Labute approximate surface area is 302 Å². The molecular formula is C39H69O10P. The number of rotatable bonds is 34. The SMILES string of the molecule is CCCCC/C=C\C[C@@H](O)/C=C/C=C/C=C\[C@@H](O)CCCC(=O)OC[C@H](COP(=O)(O)O)OC(=O)CCCCCCCCCCCCCCC. The second kappa shape index (κ2) is 34.0. The molecule has 0 heterocycles. The van der Waals surface area contributed by atoms with Crippen LogP contribution in [-0.2, 0) is 28.2 Å². The highest BCUT2D eigenvalue weighted by molar-refractivity contribution is 7.46. The molecule has 0 fully saturated rings. The average Bonchev–Trinajstić information content (AvgIpc) is 3.07. The number of carbonyl (C=O) groups excluding carboxylic acids is 2. The largest absolute Gasteiger partial charge is 0.469 e. The van der Waals surface area contributed by atoms with E-state index in [1.165, 1.54) is 77.0 Å². The van der Waals surface area contributed by atoms with Gasteiger partial charge in [0, 0.05) is 12.8 Å². The molecule has 0 saturated heterocycles. The van der Waals surface area contributed by atoms with Crippen LogP contribution < -0.4 is 0 Å². The van der Waals surface area contributed by atoms with Crippen LogP contribution >= 0.6 is 7.82 Å². The molecule has 0 saturated carbocycles. The van der Waals surface area contributed by atoms with Gasteiger partial charge >= 0.3 is 19.8 Å². The molecule has 0 unspecified atom stereocenters. The van der Waals surface area contributed by atoms with E-state index in [1.54, 1.807) is 36.5 Å². The van der Waals surface area contributed by atoms with Crippen molar-refractivity contribution in [2.24, 2.45) is 0 Å². The third-order valence-electron chi connectivity index (χ3n) is 8.04. The highest BCUT2D eigenvalue weighted by atomic mass is 31.2. The summed E-state index contributed by atoms with van der Waals surface area (Å²) in [5.41, 5.74) is 0. The summed E-state index contributed by atoms with van der Waals surface area (Å²) in [6.45, 7) is 3.40. The van der Waals surface area contributed by atoms with Gasteiger partial charge in [0.05, 0.1) is 18.8 Å². The first-order chi connectivity index (χ1) is 24.1. The fourth-order valence-corrected chi connectivity index (χ4v) is 5.46. The van der Waals surface area contributed by atoms with Crippen molar-refractivity contribution in [3.63, 3.8) is 0 Å². The van der Waals surface area contributed by atoms with Gasteiger partial charge in [-0.25, -0.2) is 4.57 Å². The van der Waals surface area contributed by atoms with Crippen LogP contribution in [0.2, 0.25) is 0 Å². The van der Waals surface area contributed by atoms with E-state index in [0.717, 1.165) is 25.7 Å². The Morgan fingerprint density at radius 3 is 1.72 bits per heavy atom. The zero-order valence-corrected chi connectivity index (χ0v) is 31.9. The van der Waals surface area contributed by atoms with Crippen LogP contribution in [0.1, 0.15) is 155 Å². The van der Waals surface area contributed by atoms with E-state index in [1.807, 2.05) is 6.08 Å². The third kappa shape index (κ3) is 35.7. The molecule has 0 aliphatic carbocycles. The van der Waals surface area contributed by atoms with Crippen LogP contribution in [-0.4, -0.2) is 63.5 Å². The number of aliphatic hydroxyl groups excluding tert-OH is 2. The molecule has 0 spiro atoms. The molecule has 0 radical (unpaired) electrons. The fourth-order valence-electron chi connectivity index (χ4n) is 5.10. The maximum atomic E-state index is 12.4. The molecule has 3 atom stereocenters. The highest BCUT2D eigenvalue weighted by Crippen LogP contribution is 2.36. The molecule has 10 nitrogen and oxygen atoms in total. The lowest BCUT2D eigenvalue weighted by atomic mass is 10.0. The van der Waals surface area contributed by atoms with E-state index in [9.17, 15) is 24.4 Å². The van der Waals surface area contributed by atoms with Crippen molar-refractivity contribution in [1.29, 1.82) is 0 Å². The number of unbranched alkanes of at least 4 members (excludes halogenated alkanes) is 15. The van der Waals surface area contributed by atoms with Crippen molar-refractivity contribution in [2.75, 3.05) is 13.2 Å². The molecule has 4 N–H and O–H groups in total. The summed E-state index contributed by atoms with van der Waals surface area (Å²) >= 11 is 0. The Morgan fingerprint density at radius 1 is 0.620 bits per heavy atom. The van der Waals surface area contributed by atoms with Gasteiger partial charge in [0.25, 0.3) is 0 Å². The minimum atomic E-state index is -4.81. The van der Waals surface area contributed by atoms with Gasteiger partial charge in [-0.3, -0.25) is 14.1 Å². The number of ether oxygens (including phenoxy) is 2. The molecule has 50 heavy (non-hydrogen) atoms. The lowest BCUT2D eigenvalue weighted by Crippen LogP contribution is -2.29. The quantitative estimate of drug-likeness (QED) is 0.0165. The monoisotopic (exact) mass is 728 g/mol. The zero-order chi connectivity index (χ0) is 37.1. The first-order valence-corrected chi connectivity index (χ1v) is 20.7. The molecule has 0 aromatic heterocycles. The second-order valence-corrected chi connectivity index (χ2v) is 14.2. The van der Waals surface area contributed by atoms with Crippen molar-refractivity contribution < 1.29 is 48.2 Å². The van der Waals surface area contributed by atoms with Crippen molar-refractivity contribution in [3.05, 3.63) is 48.6 Å². The van der Waals surface area contributed by atoms with E-state index < -0.39 is 51.3 Å². The topological polar surface area (TPSA) is 160 Å². The molecule has 0 aromatic rings. The predicted octanol–water partition coefficient (Wildman–Crippen LogP) is 9.12. The lowest BCUT2D eigenvalue weighted by molar-refractivity contribution is -0.161. The number of hydrogen-bond acceptors (Lipinski definition) is 8. The molecule has 0 aromatic carbocycles. The summed E-state index contributed by atoms with van der Waals surface area (Å²) in [6.07, 6.45) is 33.2. The molecule has 0 bridgehead atoms. The number of esters is 2. The Hall–Kier alpha value is -2.07. The molecule has 11 heteroatoms. The van der Waals surface area contributed by atoms with Crippen LogP contribution in [0.5, 0.6) is 0 Å². The Bertz CT molecular complexity index is 987. The lowest BCUT2D eigenvalue weighted by Gasteiger charge is -2.18. The maximum absolute atomic E-state index is 12.4. The standard InChI is InChI=1S/C39H69O10P/c1-3-5-7-9-11-12-13-14-15-16-17-19-25-31-39(43)49-37(34-48-50(44,45)46)33-47-38(42)32-26-30-36(41)29-24-21-20-23-28-35(40)27-22-18-10-8-6-4-2/h18,20-24,28-29,35-37,40-41H,3-17,19,25-27,30-34H2,1-2H3,(H2,44,45,46)/b21-20+,22-18-,28-23+,29-24-/t35-,36-,37-/m1/s1. The van der Waals surface area contributed by atoms with Crippen LogP contribution in [0.15, 0.2) is 48.6 Å². The molecule has 0 aliphatic heterocycles. The van der Waals surface area contributed by atoms with Gasteiger partial charge < -0.3 is 29.5 Å². The molecule has 0 amide bonds. The number of aliphatic hydroxyl groups is 2. The highest BCUT2D eigenvalue weighted by Gasteiger charge is 2.23. The minimum Gasteiger partial charge on any atom is -0.462 e. The van der Waals surface area contributed by atoms with Crippen molar-refractivity contribution in [3.8, 4) is 0 Å². The first-order valence-electron chi connectivity index (χ1n) is 19.1. The number of phosphoric ester groups is 1. The Morgan fingerprint density at radius 2 is 1.14 bits per heavy atom. The van der Waals surface area contributed by atoms with E-state index in [4.69, 9.17) is 19.3 Å². The van der Waals surface area contributed by atoms with Gasteiger partial charge in [-0.15, -0.1) is 0 Å². The number of hydrogen-bond donors (Lipinski definition) is 4. The van der Waals surface area contributed by atoms with Crippen molar-refractivity contribution in [2.45, 2.75) is 173 Å². The first kappa shape index (κ1) is 47.9. The summed E-state index contributed by atoms with van der Waals surface area (Å²) in [5, 5.41) is 20.1. The second-order valence-electron chi connectivity index (χ2n) is 13.0. The average molecular weight is 729 g/mol. The predicted molar refractivity (Wildman–Crippen MR) is 200 cm³/mol. The summed E-state index contributed by atoms with van der Waals surface area (Å²) < 4.78 is 26.1. The summed E-state index contributed by atoms with van der Waals surface area (Å²) in [7, 11) is -4.81. The number of phosphoric acid groups is 1. The van der Waals surface area contributed by atoms with Crippen LogP contribution in [0, 0.1) is 0 Å². The summed E-state index contributed by atoms with van der Waals surface area (Å²) in [4.78, 5) is 42.7. The Kier molecular flexibility index (Phi) is 32.6. The van der Waals surface area contributed by atoms with Gasteiger partial charge in [-0.2, -0.15) is 0 Å². The Balaban J connectivity index is 4.24. The third-order valence-corrected chi connectivity index (χ3v) is 8.53. The van der Waals surface area contributed by atoms with E-state index in [0.29, 0.717) is 25.7 Å². The van der Waals surface area contributed by atoms with Crippen molar-refractivity contribution in [1.82, 2.24) is 0 Å². The van der Waals surface area contributed by atoms with Gasteiger partial charge in [-0.05, 0) is 38.5 Å². The van der Waals surface area contributed by atoms with Crippen LogP contribution in [0.4, 0.5) is 0 Å². The normalized spacial score (nSPS) is 14.3. The van der Waals surface area contributed by atoms with Gasteiger partial charge in [0.1, 0.15) is 6.61 Å². The van der Waals surface area contributed by atoms with Gasteiger partial charge in [0.2, 0.25) is 0 Å². The van der Waals surface area contributed by atoms with Crippen LogP contribution in [0.3, 0.4) is 0 Å². The van der Waals surface area contributed by atoms with E-state index in [-0.39, 0.29) is 12.8 Å². The molecule has 0 aliphatic rings. The van der Waals surface area contributed by atoms with E-state index in [2.05, 4.69) is 24.4 Å². The summed E-state index contributed by atoms with van der Waals surface area (Å²) in [6, 6.07) is 0. The smallest absolute Gasteiger partial charge is 0.462 e. The van der Waals surface area contributed by atoms with E-state index >= 15 is 0 Å². The zero-order valence-electron chi connectivity index (χ0n) is 31.0. The van der Waals surface area contributed by atoms with Crippen molar-refractivity contribution >= 4 is 19.8 Å². The molecule has 290 valence electrons. The molecule has 0 rings (SSSR count). The number of allylic oxidation sites excluding steroid dienone is 5. The van der Waals surface area contributed by atoms with Gasteiger partial charge in [-0.1, -0.05) is 152 Å². The summed E-state index contributed by atoms with van der Waals surface area (Å²) in [5.74, 6) is -1.13. The minimum absolute atomic E-state index is 0.00733. The van der Waals surface area contributed by atoms with Gasteiger partial charge in [0.15, 0.2) is 6.10 Å². The molecular weight excluding hydrogens is 659 g/mol.